The molecule has 8 atom stereocenters. The van der Waals surface area contributed by atoms with E-state index in [4.69, 9.17) is 0 Å². The molecular weight excluding hydrogens is 282 g/mol. The highest BCUT2D eigenvalue weighted by atomic mass is 16.1. The van der Waals surface area contributed by atoms with Gasteiger partial charge < -0.3 is 0 Å². The summed E-state index contributed by atoms with van der Waals surface area (Å²) in [7, 11) is 0. The first-order chi connectivity index (χ1) is 11.0. The first-order valence-electron chi connectivity index (χ1n) is 9.62. The summed E-state index contributed by atoms with van der Waals surface area (Å²) in [5, 5.41) is 9.73. The zero-order chi connectivity index (χ0) is 16.0. The summed E-state index contributed by atoms with van der Waals surface area (Å²) in [5.74, 6) is 4.57. The highest BCUT2D eigenvalue weighted by molar-refractivity contribution is 5.91. The number of ketones is 1. The van der Waals surface area contributed by atoms with Crippen molar-refractivity contribution < 1.29 is 4.79 Å². The third-order valence-corrected chi connectivity index (χ3v) is 8.89. The highest BCUT2D eigenvalue weighted by Crippen LogP contribution is 2.75. The lowest BCUT2D eigenvalue weighted by Gasteiger charge is -2.58. The first-order valence-corrected chi connectivity index (χ1v) is 9.62. The normalized spacial score (nSPS) is 56.6. The summed E-state index contributed by atoms with van der Waals surface area (Å²) in [5.41, 5.74) is 2.01. The quantitative estimate of drug-likeness (QED) is 0.660. The van der Waals surface area contributed by atoms with Gasteiger partial charge in [0.1, 0.15) is 0 Å². The molecule has 0 aromatic heterocycles. The summed E-state index contributed by atoms with van der Waals surface area (Å²) in [6.07, 6.45) is 10.0. The Morgan fingerprint density at radius 3 is 2.74 bits per heavy atom. The number of hydrogen-bond acceptors (Lipinski definition) is 2. The number of nitriles is 1. The van der Waals surface area contributed by atoms with Gasteiger partial charge in [-0.3, -0.25) is 4.79 Å². The number of hydrogen-bond donors (Lipinski definition) is 0. The fourth-order valence-corrected chi connectivity index (χ4v) is 7.77. The fraction of sp³-hybridized carbons (Fsp3) is 0.810. The molecule has 0 spiro atoms. The smallest absolute Gasteiger partial charge is 0.155 e. The molecule has 0 aliphatic heterocycles. The van der Waals surface area contributed by atoms with E-state index in [0.29, 0.717) is 17.6 Å². The summed E-state index contributed by atoms with van der Waals surface area (Å²) >= 11 is 0. The van der Waals surface area contributed by atoms with Gasteiger partial charge in [0.05, 0.1) is 12.0 Å². The lowest BCUT2D eigenvalue weighted by Crippen LogP contribution is -2.51. The van der Waals surface area contributed by atoms with Crippen molar-refractivity contribution in [2.24, 2.45) is 46.3 Å². The molecule has 23 heavy (non-hydrogen) atoms. The number of nitrogens with zero attached hydrogens (tertiary/aromatic N) is 1. The first kappa shape index (κ1) is 14.3. The molecule has 0 N–H and O–H groups in total. The van der Waals surface area contributed by atoms with E-state index in [1.165, 1.54) is 31.3 Å². The molecular formula is C21H27NO. The maximum absolute atomic E-state index is 11.9. The summed E-state index contributed by atoms with van der Waals surface area (Å²) in [6, 6.07) is 2.71. The van der Waals surface area contributed by atoms with Crippen molar-refractivity contribution in [3.63, 3.8) is 0 Å². The lowest BCUT2D eigenvalue weighted by atomic mass is 9.46. The van der Waals surface area contributed by atoms with Crippen LogP contribution in [-0.4, -0.2) is 5.78 Å². The minimum atomic E-state index is 0.271. The Labute approximate surface area is 139 Å². The van der Waals surface area contributed by atoms with Crippen molar-refractivity contribution in [2.75, 3.05) is 0 Å². The monoisotopic (exact) mass is 309 g/mol. The van der Waals surface area contributed by atoms with Gasteiger partial charge >= 0.3 is 0 Å². The van der Waals surface area contributed by atoms with Crippen molar-refractivity contribution >= 4 is 5.78 Å². The van der Waals surface area contributed by atoms with Crippen LogP contribution >= 0.6 is 0 Å². The average molecular weight is 309 g/mol. The lowest BCUT2D eigenvalue weighted by molar-refractivity contribution is -0.117. The Hall–Kier alpha value is -1.10. The second-order valence-corrected chi connectivity index (χ2v) is 9.60. The Kier molecular flexibility index (Phi) is 2.66. The van der Waals surface area contributed by atoms with Gasteiger partial charge in [-0.1, -0.05) is 19.4 Å². The zero-order valence-corrected chi connectivity index (χ0v) is 14.3. The van der Waals surface area contributed by atoms with E-state index in [-0.39, 0.29) is 10.8 Å². The van der Waals surface area contributed by atoms with Crippen LogP contribution in [0.25, 0.3) is 0 Å². The standard InChI is InChI=1S/C21H27NO/c1-20-7-5-13(23)9-12(20)3-4-14-17(20)6-8-21(2)18(11-22)15-10-16(15)19(14)21/h9,14-19H,3-8,10H2,1-2H3/t14-,15-,16+,17+,18+,19-,20+,21-/m1/s1. The van der Waals surface area contributed by atoms with Crippen molar-refractivity contribution in [3.05, 3.63) is 11.6 Å². The number of carbonyl (C=O) groups is 1. The predicted octanol–water partition coefficient (Wildman–Crippen LogP) is 4.51. The Bertz CT molecular complexity index is 657. The van der Waals surface area contributed by atoms with Gasteiger partial charge in [-0.2, -0.15) is 5.26 Å². The molecule has 2 nitrogen and oxygen atoms in total. The van der Waals surface area contributed by atoms with E-state index in [9.17, 15) is 10.1 Å². The van der Waals surface area contributed by atoms with E-state index < -0.39 is 0 Å². The molecule has 0 amide bonds. The van der Waals surface area contributed by atoms with Crippen LogP contribution in [0.4, 0.5) is 0 Å². The average Bonchev–Trinajstić information content (AvgIpc) is 3.23. The predicted molar refractivity (Wildman–Crippen MR) is 88.2 cm³/mol. The van der Waals surface area contributed by atoms with Gasteiger partial charge in [0.15, 0.2) is 5.78 Å². The fourth-order valence-electron chi connectivity index (χ4n) is 7.77. The van der Waals surface area contributed by atoms with Crippen molar-refractivity contribution in [1.29, 1.82) is 5.26 Å². The molecule has 0 radical (unpaired) electrons. The SMILES string of the molecule is C[C@]12CC[C@H]3[C@@H](CCC4=CC(=O)CC[C@@]43C)[C@@H]1[C@H]1C[C@H]1[C@@H]2C#N. The van der Waals surface area contributed by atoms with Crippen LogP contribution in [-0.2, 0) is 4.79 Å². The minimum absolute atomic E-state index is 0.271. The van der Waals surface area contributed by atoms with E-state index in [2.05, 4.69) is 19.9 Å². The zero-order valence-electron chi connectivity index (χ0n) is 14.3. The maximum Gasteiger partial charge on any atom is 0.155 e. The summed E-state index contributed by atoms with van der Waals surface area (Å²) in [6.45, 7) is 4.89. The van der Waals surface area contributed by atoms with Crippen LogP contribution in [0, 0.1) is 57.7 Å². The molecule has 0 saturated heterocycles. The molecule has 5 aliphatic rings. The molecule has 4 fully saturated rings. The number of fused-ring (bicyclic) bond motifs is 7. The molecule has 0 bridgehead atoms. The Balaban J connectivity index is 1.53. The van der Waals surface area contributed by atoms with Crippen LogP contribution < -0.4 is 0 Å². The van der Waals surface area contributed by atoms with E-state index >= 15 is 0 Å². The molecule has 0 aromatic rings. The van der Waals surface area contributed by atoms with Crippen molar-refractivity contribution in [3.8, 4) is 6.07 Å². The Morgan fingerprint density at radius 2 is 1.96 bits per heavy atom. The van der Waals surface area contributed by atoms with Crippen molar-refractivity contribution in [2.45, 2.75) is 58.8 Å². The molecule has 2 heteroatoms. The molecule has 0 heterocycles. The molecule has 0 unspecified atom stereocenters. The number of allylic oxidation sites excluding steroid dienone is 1. The topological polar surface area (TPSA) is 40.9 Å². The van der Waals surface area contributed by atoms with E-state index in [0.717, 1.165) is 42.9 Å². The van der Waals surface area contributed by atoms with Gasteiger partial charge in [-0.05, 0) is 85.0 Å². The second-order valence-electron chi connectivity index (χ2n) is 9.60. The molecule has 5 aliphatic carbocycles. The van der Waals surface area contributed by atoms with Gasteiger partial charge in [0.2, 0.25) is 0 Å². The van der Waals surface area contributed by atoms with Gasteiger partial charge in [0.25, 0.3) is 0 Å². The van der Waals surface area contributed by atoms with Crippen LogP contribution in [0.15, 0.2) is 11.6 Å². The molecule has 122 valence electrons. The number of carbonyl (C=O) groups excluding carboxylic acids is 1. The largest absolute Gasteiger partial charge is 0.295 e. The van der Waals surface area contributed by atoms with Crippen LogP contribution in [0.5, 0.6) is 0 Å². The van der Waals surface area contributed by atoms with Gasteiger partial charge in [0, 0.05) is 6.42 Å². The van der Waals surface area contributed by atoms with Gasteiger partial charge in [-0.25, -0.2) is 0 Å². The van der Waals surface area contributed by atoms with Crippen LogP contribution in [0.2, 0.25) is 0 Å². The summed E-state index contributed by atoms with van der Waals surface area (Å²) < 4.78 is 0. The highest BCUT2D eigenvalue weighted by Gasteiger charge is 2.70. The maximum atomic E-state index is 11.9. The van der Waals surface area contributed by atoms with Crippen molar-refractivity contribution in [1.82, 2.24) is 0 Å². The summed E-state index contributed by atoms with van der Waals surface area (Å²) in [4.78, 5) is 11.9. The van der Waals surface area contributed by atoms with E-state index in [1.54, 1.807) is 0 Å². The molecule has 0 aromatic carbocycles. The van der Waals surface area contributed by atoms with Crippen LogP contribution in [0.1, 0.15) is 58.8 Å². The molecule has 5 rings (SSSR count). The minimum Gasteiger partial charge on any atom is -0.295 e. The molecule has 4 saturated carbocycles. The van der Waals surface area contributed by atoms with E-state index in [1.807, 2.05) is 6.08 Å². The third kappa shape index (κ3) is 1.62. The Morgan fingerprint density at radius 1 is 1.13 bits per heavy atom. The second kappa shape index (κ2) is 4.29. The van der Waals surface area contributed by atoms with Gasteiger partial charge in [-0.15, -0.1) is 0 Å². The van der Waals surface area contributed by atoms with Crippen LogP contribution in [0.3, 0.4) is 0 Å². The number of rotatable bonds is 0. The third-order valence-electron chi connectivity index (χ3n) is 8.89.